The van der Waals surface area contributed by atoms with Crippen LogP contribution in [0.25, 0.3) is 20.3 Å². The summed E-state index contributed by atoms with van der Waals surface area (Å²) < 4.78 is 6.02. The lowest BCUT2D eigenvalue weighted by atomic mass is 9.80. The smallest absolute Gasteiger partial charge is 0.305 e. The molecule has 0 atom stereocenters. The van der Waals surface area contributed by atoms with E-state index in [1.54, 1.807) is 23.5 Å². The van der Waals surface area contributed by atoms with Gasteiger partial charge >= 0.3 is 5.97 Å². The SMILES string of the molecule is COC(=O)CC1CCC(c2nc(NCc3ccc(O)c(Cl)c3)c3c(n2)sc2ccccc23)CC1. The average molecular weight is 496 g/mol. The van der Waals surface area contributed by atoms with Crippen molar-refractivity contribution in [1.82, 2.24) is 9.97 Å². The van der Waals surface area contributed by atoms with Crippen LogP contribution in [0.2, 0.25) is 5.02 Å². The number of aromatic hydroxyl groups is 1. The second-order valence-corrected chi connectivity index (χ2v) is 10.3. The van der Waals surface area contributed by atoms with E-state index in [1.165, 1.54) is 11.8 Å². The Morgan fingerprint density at radius 3 is 2.74 bits per heavy atom. The van der Waals surface area contributed by atoms with Crippen molar-refractivity contribution in [3.63, 3.8) is 0 Å². The Balaban J connectivity index is 1.45. The number of nitrogens with zero attached hydrogens (tertiary/aromatic N) is 2. The molecule has 1 aliphatic rings. The van der Waals surface area contributed by atoms with Gasteiger partial charge in [-0.05, 0) is 55.4 Å². The van der Waals surface area contributed by atoms with E-state index in [2.05, 4.69) is 17.4 Å². The van der Waals surface area contributed by atoms with Crippen molar-refractivity contribution < 1.29 is 14.6 Å². The molecule has 0 spiro atoms. The standard InChI is InChI=1S/C26H26ClN3O3S/c1-33-22(32)13-15-6-9-17(10-7-15)24-29-25(28-14-16-8-11-20(31)19(27)12-16)23-18-4-2-3-5-21(18)34-26(23)30-24/h2-5,8,11-12,15,17,31H,6-7,9-10,13-14H2,1H3,(H,28,29,30). The van der Waals surface area contributed by atoms with Crippen molar-refractivity contribution in [2.24, 2.45) is 5.92 Å². The summed E-state index contributed by atoms with van der Waals surface area (Å²) in [6, 6.07) is 13.5. The molecule has 0 unspecified atom stereocenters. The van der Waals surface area contributed by atoms with Crippen molar-refractivity contribution >= 4 is 55.0 Å². The van der Waals surface area contributed by atoms with Gasteiger partial charge in [0.05, 0.1) is 17.5 Å². The quantitative estimate of drug-likeness (QED) is 0.291. The lowest BCUT2D eigenvalue weighted by molar-refractivity contribution is -0.142. The third kappa shape index (κ3) is 4.68. The van der Waals surface area contributed by atoms with Gasteiger partial charge in [-0.1, -0.05) is 35.9 Å². The van der Waals surface area contributed by atoms with Gasteiger partial charge in [-0.25, -0.2) is 9.97 Å². The second-order valence-electron chi connectivity index (χ2n) is 8.85. The number of carbonyl (C=O) groups excluding carboxylic acids is 1. The van der Waals surface area contributed by atoms with Crippen LogP contribution in [0.1, 0.15) is 49.4 Å². The molecule has 2 aromatic carbocycles. The molecule has 0 amide bonds. The predicted molar refractivity (Wildman–Crippen MR) is 137 cm³/mol. The Bertz CT molecular complexity index is 1350. The maximum atomic E-state index is 11.7. The number of phenols is 1. The highest BCUT2D eigenvalue weighted by atomic mass is 35.5. The molecule has 2 heterocycles. The summed E-state index contributed by atoms with van der Waals surface area (Å²) >= 11 is 7.79. The Hall–Kier alpha value is -2.90. The molecule has 1 saturated carbocycles. The van der Waals surface area contributed by atoms with E-state index in [4.69, 9.17) is 26.3 Å². The number of benzene rings is 2. The number of ether oxygens (including phenoxy) is 1. The zero-order valence-corrected chi connectivity index (χ0v) is 20.5. The molecule has 176 valence electrons. The molecule has 4 aromatic rings. The average Bonchev–Trinajstić information content (AvgIpc) is 3.23. The molecule has 1 fully saturated rings. The maximum Gasteiger partial charge on any atom is 0.305 e. The van der Waals surface area contributed by atoms with E-state index in [1.807, 2.05) is 18.2 Å². The topological polar surface area (TPSA) is 84.3 Å². The minimum absolute atomic E-state index is 0.0729. The van der Waals surface area contributed by atoms with Crippen LogP contribution in [-0.4, -0.2) is 28.2 Å². The Labute approximate surface area is 206 Å². The van der Waals surface area contributed by atoms with Gasteiger partial charge in [0.25, 0.3) is 0 Å². The van der Waals surface area contributed by atoms with Crippen LogP contribution in [0.15, 0.2) is 42.5 Å². The van der Waals surface area contributed by atoms with Gasteiger partial charge in [-0.15, -0.1) is 11.3 Å². The summed E-state index contributed by atoms with van der Waals surface area (Å²) in [5.74, 6) is 2.26. The first-order valence-electron chi connectivity index (χ1n) is 11.5. The molecular formula is C26H26ClN3O3S. The van der Waals surface area contributed by atoms with Crippen LogP contribution in [-0.2, 0) is 16.1 Å². The summed E-state index contributed by atoms with van der Waals surface area (Å²) in [6.07, 6.45) is 4.36. The largest absolute Gasteiger partial charge is 0.506 e. The minimum Gasteiger partial charge on any atom is -0.506 e. The van der Waals surface area contributed by atoms with E-state index < -0.39 is 0 Å². The number of esters is 1. The van der Waals surface area contributed by atoms with Gasteiger partial charge in [0.15, 0.2) is 0 Å². The molecule has 8 heteroatoms. The fourth-order valence-electron chi connectivity index (χ4n) is 4.74. The van der Waals surface area contributed by atoms with Crippen LogP contribution < -0.4 is 5.32 Å². The van der Waals surface area contributed by atoms with Crippen LogP contribution in [0.3, 0.4) is 0 Å². The second kappa shape index (κ2) is 9.76. The highest BCUT2D eigenvalue weighted by Crippen LogP contribution is 2.41. The molecule has 0 aliphatic heterocycles. The first-order chi connectivity index (χ1) is 16.5. The van der Waals surface area contributed by atoms with Gasteiger partial charge in [0.1, 0.15) is 22.2 Å². The number of hydrogen-bond donors (Lipinski definition) is 2. The Kier molecular flexibility index (Phi) is 6.57. The molecule has 5 rings (SSSR count). The summed E-state index contributed by atoms with van der Waals surface area (Å²) in [5.41, 5.74) is 0.957. The lowest BCUT2D eigenvalue weighted by Gasteiger charge is -2.27. The third-order valence-electron chi connectivity index (χ3n) is 6.62. The number of fused-ring (bicyclic) bond motifs is 3. The molecule has 34 heavy (non-hydrogen) atoms. The summed E-state index contributed by atoms with van der Waals surface area (Å²) in [4.78, 5) is 22.7. The molecule has 0 saturated heterocycles. The van der Waals surface area contributed by atoms with Crippen LogP contribution >= 0.6 is 22.9 Å². The predicted octanol–water partition coefficient (Wildman–Crippen LogP) is 6.65. The van der Waals surface area contributed by atoms with Crippen molar-refractivity contribution in [2.75, 3.05) is 12.4 Å². The molecule has 2 aromatic heterocycles. The maximum absolute atomic E-state index is 11.7. The molecule has 0 bridgehead atoms. The number of anilines is 1. The zero-order chi connectivity index (χ0) is 23.7. The fraction of sp³-hybridized carbons (Fsp3) is 0.346. The zero-order valence-electron chi connectivity index (χ0n) is 18.9. The number of aromatic nitrogens is 2. The van der Waals surface area contributed by atoms with E-state index in [-0.39, 0.29) is 17.6 Å². The molecule has 1 aliphatic carbocycles. The number of phenolic OH excluding ortho intramolecular Hbond substituents is 1. The summed E-state index contributed by atoms with van der Waals surface area (Å²) in [6.45, 7) is 0.529. The minimum atomic E-state index is -0.132. The van der Waals surface area contributed by atoms with Gasteiger partial charge in [0, 0.05) is 29.0 Å². The Morgan fingerprint density at radius 2 is 1.97 bits per heavy atom. The Morgan fingerprint density at radius 1 is 1.18 bits per heavy atom. The number of methoxy groups -OCH3 is 1. The highest BCUT2D eigenvalue weighted by Gasteiger charge is 2.27. The molecular weight excluding hydrogens is 470 g/mol. The summed E-state index contributed by atoms with van der Waals surface area (Å²) in [5, 5.41) is 15.7. The normalized spacial score (nSPS) is 18.3. The van der Waals surface area contributed by atoms with Crippen LogP contribution in [0, 0.1) is 5.92 Å². The van der Waals surface area contributed by atoms with Crippen LogP contribution in [0.4, 0.5) is 5.82 Å². The van der Waals surface area contributed by atoms with Gasteiger partial charge in [-0.3, -0.25) is 4.79 Å². The molecule has 2 N–H and O–H groups in total. The van der Waals surface area contributed by atoms with Crippen molar-refractivity contribution in [1.29, 1.82) is 0 Å². The van der Waals surface area contributed by atoms with Crippen molar-refractivity contribution in [3.8, 4) is 5.75 Å². The fourth-order valence-corrected chi connectivity index (χ4v) is 6.03. The van der Waals surface area contributed by atoms with Gasteiger partial charge < -0.3 is 15.2 Å². The molecule has 6 nitrogen and oxygen atoms in total. The number of nitrogens with one attached hydrogen (secondary N) is 1. The summed E-state index contributed by atoms with van der Waals surface area (Å²) in [7, 11) is 1.45. The molecule has 0 radical (unpaired) electrons. The lowest BCUT2D eigenvalue weighted by Crippen LogP contribution is -2.19. The van der Waals surface area contributed by atoms with Crippen LogP contribution in [0.5, 0.6) is 5.75 Å². The van der Waals surface area contributed by atoms with E-state index in [0.717, 1.165) is 58.5 Å². The monoisotopic (exact) mass is 495 g/mol. The number of halogens is 1. The van der Waals surface area contributed by atoms with E-state index >= 15 is 0 Å². The number of thiophene rings is 1. The first kappa shape index (κ1) is 22.9. The number of rotatable bonds is 6. The van der Waals surface area contributed by atoms with E-state index in [0.29, 0.717) is 23.9 Å². The van der Waals surface area contributed by atoms with Crippen molar-refractivity contribution in [2.45, 2.75) is 44.6 Å². The third-order valence-corrected chi connectivity index (χ3v) is 7.99. The number of carbonyl (C=O) groups is 1. The highest BCUT2D eigenvalue weighted by molar-refractivity contribution is 7.25. The van der Waals surface area contributed by atoms with E-state index in [9.17, 15) is 9.90 Å². The van der Waals surface area contributed by atoms with Gasteiger partial charge in [0.2, 0.25) is 0 Å². The van der Waals surface area contributed by atoms with Gasteiger partial charge in [-0.2, -0.15) is 0 Å². The number of hydrogen-bond acceptors (Lipinski definition) is 7. The first-order valence-corrected chi connectivity index (χ1v) is 12.7. The van der Waals surface area contributed by atoms with Crippen molar-refractivity contribution in [3.05, 3.63) is 58.9 Å².